The lowest BCUT2D eigenvalue weighted by Crippen LogP contribution is -2.35. The highest BCUT2D eigenvalue weighted by Crippen LogP contribution is 2.33. The van der Waals surface area contributed by atoms with Gasteiger partial charge < -0.3 is 28.8 Å². The maximum atomic E-state index is 13.7. The van der Waals surface area contributed by atoms with E-state index in [0.717, 1.165) is 12.1 Å². The van der Waals surface area contributed by atoms with Crippen LogP contribution in [0.4, 0.5) is 0 Å². The van der Waals surface area contributed by atoms with Crippen LogP contribution in [0.1, 0.15) is 23.0 Å². The summed E-state index contributed by atoms with van der Waals surface area (Å²) in [5.41, 5.74) is 1.18. The second-order valence-corrected chi connectivity index (χ2v) is 23.3. The zero-order valence-electron chi connectivity index (χ0n) is 22.1. The van der Waals surface area contributed by atoms with Crippen molar-refractivity contribution < 1.29 is 28.9 Å². The third-order valence-corrected chi connectivity index (χ3v) is 9.71. The highest BCUT2D eigenvalue weighted by Gasteiger charge is 2.34. The van der Waals surface area contributed by atoms with Crippen LogP contribution in [0.25, 0.3) is 5.57 Å². The van der Waals surface area contributed by atoms with Gasteiger partial charge in [0.1, 0.15) is 19.2 Å². The number of carbonyl (C=O) groups excluding carboxylic acids is 2. The number of nitrogens with zero attached hydrogens (tertiary/aromatic N) is 2. The van der Waals surface area contributed by atoms with Gasteiger partial charge in [-0.15, -0.1) is 0 Å². The molecule has 1 aliphatic rings. The van der Waals surface area contributed by atoms with Crippen molar-refractivity contribution in [3.8, 4) is 0 Å². The number of hydrogen-bond acceptors (Lipinski definition) is 6. The molecule has 1 atom stereocenters. The molecule has 0 saturated carbocycles. The Morgan fingerprint density at radius 1 is 1.09 bits per heavy atom. The van der Waals surface area contributed by atoms with Crippen molar-refractivity contribution in [1.82, 2.24) is 9.47 Å². The standard InChI is InChI=1S/C24H41BrN2O6Si2/c1-8-33-24(30)22(28)18-9-10-26(16-31-11-13-34(2,3)4)23(29)21-19(18)15-20(25)27(21)17-32-12-14-35(5,6)7/h9,15,22,28H,8,10-14,16-17H2,1-7H3. The van der Waals surface area contributed by atoms with Crippen LogP contribution >= 0.6 is 15.9 Å². The molecule has 1 unspecified atom stereocenters. The summed E-state index contributed by atoms with van der Waals surface area (Å²) in [6, 6.07) is 3.75. The van der Waals surface area contributed by atoms with Crippen LogP contribution < -0.4 is 0 Å². The monoisotopic (exact) mass is 588 g/mol. The number of halogens is 1. The molecule has 11 heteroatoms. The number of aromatic nitrogens is 1. The Hall–Kier alpha value is -1.25. The van der Waals surface area contributed by atoms with Gasteiger partial charge in [-0.3, -0.25) is 4.79 Å². The molecule has 0 fully saturated rings. The summed E-state index contributed by atoms with van der Waals surface area (Å²) in [4.78, 5) is 27.6. The predicted octanol–water partition coefficient (Wildman–Crippen LogP) is 4.64. The average molecular weight is 590 g/mol. The smallest absolute Gasteiger partial charge is 0.339 e. The predicted molar refractivity (Wildman–Crippen MR) is 147 cm³/mol. The largest absolute Gasteiger partial charge is 0.464 e. The number of fused-ring (bicyclic) bond motifs is 1. The van der Waals surface area contributed by atoms with Crippen molar-refractivity contribution in [3.05, 3.63) is 28.0 Å². The second kappa shape index (κ2) is 12.8. The summed E-state index contributed by atoms with van der Waals surface area (Å²) >= 11 is 3.54. The lowest BCUT2D eigenvalue weighted by Gasteiger charge is -2.23. The Labute approximate surface area is 219 Å². The fourth-order valence-electron chi connectivity index (χ4n) is 3.45. The van der Waals surface area contributed by atoms with Crippen molar-refractivity contribution in [2.24, 2.45) is 0 Å². The van der Waals surface area contributed by atoms with Gasteiger partial charge in [-0.05, 0) is 46.6 Å². The van der Waals surface area contributed by atoms with E-state index in [9.17, 15) is 14.7 Å². The molecule has 198 valence electrons. The number of ether oxygens (including phenoxy) is 3. The topological polar surface area (TPSA) is 90.2 Å². The van der Waals surface area contributed by atoms with Crippen LogP contribution in [0.5, 0.6) is 0 Å². The first-order valence-electron chi connectivity index (χ1n) is 12.1. The van der Waals surface area contributed by atoms with Crippen molar-refractivity contribution in [2.75, 3.05) is 33.1 Å². The molecule has 0 saturated heterocycles. The summed E-state index contributed by atoms with van der Waals surface area (Å²) in [5, 5.41) is 10.8. The molecular formula is C24H41BrN2O6Si2. The van der Waals surface area contributed by atoms with Crippen LogP contribution in [0.15, 0.2) is 16.7 Å². The van der Waals surface area contributed by atoms with E-state index in [0.29, 0.717) is 34.6 Å². The van der Waals surface area contributed by atoms with Crippen molar-refractivity contribution in [3.63, 3.8) is 0 Å². The molecule has 0 aromatic carbocycles. The summed E-state index contributed by atoms with van der Waals surface area (Å²) in [6.45, 7) is 17.2. The molecule has 1 amide bonds. The number of aliphatic hydroxyl groups excluding tert-OH is 1. The number of esters is 1. The van der Waals surface area contributed by atoms with Gasteiger partial charge in [0.2, 0.25) is 0 Å². The first-order chi connectivity index (χ1) is 16.2. The number of carbonyl (C=O) groups is 2. The Balaban J connectivity index is 2.33. The Morgan fingerprint density at radius 2 is 1.66 bits per heavy atom. The minimum absolute atomic E-state index is 0.126. The lowest BCUT2D eigenvalue weighted by molar-refractivity contribution is -0.149. The molecule has 1 aliphatic heterocycles. The summed E-state index contributed by atoms with van der Waals surface area (Å²) < 4.78 is 19.2. The zero-order valence-corrected chi connectivity index (χ0v) is 25.7. The summed E-state index contributed by atoms with van der Waals surface area (Å²) in [7, 11) is -2.52. The van der Waals surface area contributed by atoms with Gasteiger partial charge in [0.25, 0.3) is 5.91 Å². The molecule has 1 aromatic rings. The average Bonchev–Trinajstić information content (AvgIpc) is 2.99. The molecule has 0 spiro atoms. The van der Waals surface area contributed by atoms with Crippen molar-refractivity contribution in [1.29, 1.82) is 0 Å². The van der Waals surface area contributed by atoms with E-state index in [1.165, 1.54) is 0 Å². The maximum absolute atomic E-state index is 13.7. The van der Waals surface area contributed by atoms with Gasteiger partial charge in [0.05, 0.1) is 11.2 Å². The van der Waals surface area contributed by atoms with E-state index < -0.39 is 28.2 Å². The second-order valence-electron chi connectivity index (χ2n) is 11.2. The van der Waals surface area contributed by atoms with Gasteiger partial charge in [-0.2, -0.15) is 0 Å². The van der Waals surface area contributed by atoms with Crippen LogP contribution in [-0.2, 0) is 25.7 Å². The molecule has 2 rings (SSSR count). The lowest BCUT2D eigenvalue weighted by atomic mass is 10.0. The zero-order chi connectivity index (χ0) is 26.4. The van der Waals surface area contributed by atoms with E-state index >= 15 is 0 Å². The summed E-state index contributed by atoms with van der Waals surface area (Å²) in [5.74, 6) is -0.984. The molecule has 8 nitrogen and oxygen atoms in total. The first-order valence-corrected chi connectivity index (χ1v) is 20.3. The number of aliphatic hydroxyl groups is 1. The third kappa shape index (κ3) is 8.97. The van der Waals surface area contributed by atoms with Crippen molar-refractivity contribution in [2.45, 2.75) is 71.1 Å². The highest BCUT2D eigenvalue weighted by molar-refractivity contribution is 9.10. The molecule has 1 aromatic heterocycles. The molecule has 0 aliphatic carbocycles. The maximum Gasteiger partial charge on any atom is 0.339 e. The fraction of sp³-hybridized carbons (Fsp3) is 0.667. The van der Waals surface area contributed by atoms with E-state index in [1.54, 1.807) is 28.5 Å². The van der Waals surface area contributed by atoms with Gasteiger partial charge >= 0.3 is 5.97 Å². The van der Waals surface area contributed by atoms with Crippen LogP contribution in [-0.4, -0.2) is 81.8 Å². The minimum atomic E-state index is -1.50. The highest BCUT2D eigenvalue weighted by atomic mass is 79.9. The quantitative estimate of drug-likeness (QED) is 0.205. The SMILES string of the molecule is CCOC(=O)C(O)C1=CCN(COCC[Si](C)(C)C)C(=O)c2c1cc(Br)n2COCC[Si](C)(C)C. The Morgan fingerprint density at radius 3 is 2.20 bits per heavy atom. The number of amides is 1. The van der Waals surface area contributed by atoms with Crippen LogP contribution in [0.3, 0.4) is 0 Å². The van der Waals surface area contributed by atoms with Gasteiger partial charge in [0.15, 0.2) is 6.10 Å². The number of rotatable bonds is 13. The van der Waals surface area contributed by atoms with Gasteiger partial charge in [-0.1, -0.05) is 45.4 Å². The van der Waals surface area contributed by atoms with Crippen LogP contribution in [0.2, 0.25) is 51.4 Å². The Kier molecular flexibility index (Phi) is 11.0. The molecule has 0 bridgehead atoms. The van der Waals surface area contributed by atoms with Gasteiger partial charge in [0, 0.05) is 41.5 Å². The molecule has 35 heavy (non-hydrogen) atoms. The van der Waals surface area contributed by atoms with E-state index in [1.807, 2.05) is 0 Å². The van der Waals surface area contributed by atoms with Crippen LogP contribution in [0, 0.1) is 0 Å². The number of hydrogen-bond donors (Lipinski definition) is 1. The Bertz CT molecular complexity index is 920. The first kappa shape index (κ1) is 30.0. The van der Waals surface area contributed by atoms with Crippen molar-refractivity contribution >= 4 is 49.5 Å². The molecular weight excluding hydrogens is 548 g/mol. The third-order valence-electron chi connectivity index (χ3n) is 5.64. The van der Waals surface area contributed by atoms with Gasteiger partial charge in [-0.25, -0.2) is 4.79 Å². The molecule has 1 N–H and O–H groups in total. The normalized spacial score (nSPS) is 15.5. The fourth-order valence-corrected chi connectivity index (χ4v) is 5.47. The van der Waals surface area contributed by atoms with E-state index in [4.69, 9.17) is 14.2 Å². The van der Waals surface area contributed by atoms with E-state index in [2.05, 4.69) is 55.2 Å². The summed E-state index contributed by atoms with van der Waals surface area (Å²) in [6.07, 6.45) is 0.209. The van der Waals surface area contributed by atoms with E-state index in [-0.39, 0.29) is 32.5 Å². The molecule has 0 radical (unpaired) electrons. The minimum Gasteiger partial charge on any atom is -0.464 e. The molecule has 2 heterocycles.